The SMILES string of the molecule is NCc1cc2ccnc(Cl)c2[nH]1. The second-order valence-corrected chi connectivity index (χ2v) is 2.92. The standard InChI is InChI=1S/C8H8ClN3/c9-8-7-5(1-2-11-8)3-6(4-10)12-7/h1-3,12H,4,10H2. The third kappa shape index (κ3) is 1.07. The average molecular weight is 182 g/mol. The van der Waals surface area contributed by atoms with Crippen molar-refractivity contribution in [2.75, 3.05) is 0 Å². The number of pyridine rings is 1. The van der Waals surface area contributed by atoms with E-state index in [4.69, 9.17) is 17.3 Å². The van der Waals surface area contributed by atoms with Crippen molar-refractivity contribution in [1.82, 2.24) is 9.97 Å². The lowest BCUT2D eigenvalue weighted by molar-refractivity contribution is 1.02. The van der Waals surface area contributed by atoms with Gasteiger partial charge in [0.05, 0.1) is 5.52 Å². The second kappa shape index (κ2) is 2.77. The molecule has 62 valence electrons. The van der Waals surface area contributed by atoms with Crippen molar-refractivity contribution in [2.45, 2.75) is 6.54 Å². The summed E-state index contributed by atoms with van der Waals surface area (Å²) in [6.45, 7) is 0.491. The van der Waals surface area contributed by atoms with Crippen LogP contribution in [0.15, 0.2) is 18.3 Å². The molecule has 0 atom stereocenters. The molecule has 0 saturated carbocycles. The van der Waals surface area contributed by atoms with Gasteiger partial charge in [-0.3, -0.25) is 0 Å². The first-order valence-electron chi connectivity index (χ1n) is 3.63. The molecule has 0 unspecified atom stereocenters. The lowest BCUT2D eigenvalue weighted by atomic mass is 10.3. The minimum Gasteiger partial charge on any atom is -0.355 e. The fraction of sp³-hybridized carbons (Fsp3) is 0.125. The number of hydrogen-bond acceptors (Lipinski definition) is 2. The third-order valence-corrected chi connectivity index (χ3v) is 2.06. The monoisotopic (exact) mass is 181 g/mol. The zero-order valence-corrected chi connectivity index (χ0v) is 7.10. The van der Waals surface area contributed by atoms with Gasteiger partial charge in [0.25, 0.3) is 0 Å². The molecule has 0 fully saturated rings. The highest BCUT2D eigenvalue weighted by Crippen LogP contribution is 2.20. The Labute approximate surface area is 74.5 Å². The van der Waals surface area contributed by atoms with Crippen LogP contribution in [0.25, 0.3) is 10.9 Å². The van der Waals surface area contributed by atoms with Crippen molar-refractivity contribution in [3.05, 3.63) is 29.2 Å². The third-order valence-electron chi connectivity index (χ3n) is 1.77. The molecule has 2 rings (SSSR count). The number of nitrogens with zero attached hydrogens (tertiary/aromatic N) is 1. The summed E-state index contributed by atoms with van der Waals surface area (Å²) in [5, 5.41) is 1.54. The molecular weight excluding hydrogens is 174 g/mol. The highest BCUT2D eigenvalue weighted by molar-refractivity contribution is 6.33. The van der Waals surface area contributed by atoms with Crippen LogP contribution in [-0.2, 0) is 6.54 Å². The van der Waals surface area contributed by atoms with E-state index in [9.17, 15) is 0 Å². The first-order valence-corrected chi connectivity index (χ1v) is 4.01. The van der Waals surface area contributed by atoms with E-state index >= 15 is 0 Å². The molecule has 12 heavy (non-hydrogen) atoms. The van der Waals surface area contributed by atoms with Gasteiger partial charge in [0.1, 0.15) is 0 Å². The maximum Gasteiger partial charge on any atom is 0.153 e. The molecule has 4 heteroatoms. The molecule has 0 saturated heterocycles. The van der Waals surface area contributed by atoms with Crippen LogP contribution in [0.2, 0.25) is 5.15 Å². The normalized spacial score (nSPS) is 10.8. The van der Waals surface area contributed by atoms with E-state index < -0.39 is 0 Å². The number of aromatic amines is 1. The van der Waals surface area contributed by atoms with E-state index in [0.29, 0.717) is 11.7 Å². The van der Waals surface area contributed by atoms with E-state index in [0.717, 1.165) is 16.6 Å². The van der Waals surface area contributed by atoms with Gasteiger partial charge >= 0.3 is 0 Å². The minimum absolute atomic E-state index is 0.491. The maximum atomic E-state index is 5.84. The predicted octanol–water partition coefficient (Wildman–Crippen LogP) is 1.67. The lowest BCUT2D eigenvalue weighted by Crippen LogP contribution is -1.95. The van der Waals surface area contributed by atoms with E-state index in [1.807, 2.05) is 12.1 Å². The number of H-pyrrole nitrogens is 1. The molecule has 2 heterocycles. The van der Waals surface area contributed by atoms with Crippen molar-refractivity contribution in [3.63, 3.8) is 0 Å². The number of hydrogen-bond donors (Lipinski definition) is 2. The highest BCUT2D eigenvalue weighted by Gasteiger charge is 2.02. The topological polar surface area (TPSA) is 54.7 Å². The van der Waals surface area contributed by atoms with Gasteiger partial charge in [0, 0.05) is 23.8 Å². The summed E-state index contributed by atoms with van der Waals surface area (Å²) in [7, 11) is 0. The summed E-state index contributed by atoms with van der Waals surface area (Å²) in [5.74, 6) is 0. The van der Waals surface area contributed by atoms with E-state index in [1.165, 1.54) is 0 Å². The summed E-state index contributed by atoms with van der Waals surface area (Å²) in [4.78, 5) is 7.04. The van der Waals surface area contributed by atoms with Crippen LogP contribution in [0, 0.1) is 0 Å². The molecule has 0 aliphatic rings. The largest absolute Gasteiger partial charge is 0.355 e. The van der Waals surface area contributed by atoms with Gasteiger partial charge in [-0.1, -0.05) is 11.6 Å². The van der Waals surface area contributed by atoms with Gasteiger partial charge < -0.3 is 10.7 Å². The first kappa shape index (κ1) is 7.58. The molecule has 2 aromatic rings. The molecule has 0 spiro atoms. The van der Waals surface area contributed by atoms with Gasteiger partial charge in [-0.15, -0.1) is 0 Å². The van der Waals surface area contributed by atoms with Gasteiger partial charge in [-0.05, 0) is 12.1 Å². The Kier molecular flexibility index (Phi) is 1.75. The Morgan fingerprint density at radius 3 is 3.08 bits per heavy atom. The molecule has 0 aliphatic carbocycles. The fourth-order valence-electron chi connectivity index (χ4n) is 1.19. The molecular formula is C8H8ClN3. The molecule has 0 aliphatic heterocycles. The molecule has 3 N–H and O–H groups in total. The Morgan fingerprint density at radius 1 is 1.58 bits per heavy atom. The Bertz CT molecular complexity index is 408. The summed E-state index contributed by atoms with van der Waals surface area (Å²) >= 11 is 5.84. The van der Waals surface area contributed by atoms with Crippen LogP contribution in [0.5, 0.6) is 0 Å². The first-order chi connectivity index (χ1) is 5.81. The van der Waals surface area contributed by atoms with Crippen molar-refractivity contribution in [2.24, 2.45) is 5.73 Å². The smallest absolute Gasteiger partial charge is 0.153 e. The summed E-state index contributed by atoms with van der Waals surface area (Å²) in [6, 6.07) is 3.87. The Morgan fingerprint density at radius 2 is 2.42 bits per heavy atom. The second-order valence-electron chi connectivity index (χ2n) is 2.56. The van der Waals surface area contributed by atoms with Crippen LogP contribution in [0.3, 0.4) is 0 Å². The summed E-state index contributed by atoms with van der Waals surface area (Å²) in [5.41, 5.74) is 7.30. The number of nitrogens with one attached hydrogen (secondary N) is 1. The van der Waals surface area contributed by atoms with E-state index in [2.05, 4.69) is 9.97 Å². The van der Waals surface area contributed by atoms with Crippen molar-refractivity contribution >= 4 is 22.5 Å². The highest BCUT2D eigenvalue weighted by atomic mass is 35.5. The molecule has 0 aromatic carbocycles. The predicted molar refractivity (Wildman–Crippen MR) is 49.0 cm³/mol. The number of rotatable bonds is 1. The van der Waals surface area contributed by atoms with E-state index in [1.54, 1.807) is 6.20 Å². The van der Waals surface area contributed by atoms with Gasteiger partial charge in [-0.2, -0.15) is 0 Å². The number of nitrogens with two attached hydrogens (primary N) is 1. The van der Waals surface area contributed by atoms with Gasteiger partial charge in [0.15, 0.2) is 5.15 Å². The van der Waals surface area contributed by atoms with Crippen molar-refractivity contribution < 1.29 is 0 Å². The quantitative estimate of drug-likeness (QED) is 0.658. The van der Waals surface area contributed by atoms with Crippen LogP contribution in [0.4, 0.5) is 0 Å². The van der Waals surface area contributed by atoms with Crippen LogP contribution in [-0.4, -0.2) is 9.97 Å². The van der Waals surface area contributed by atoms with Gasteiger partial charge in [-0.25, -0.2) is 4.98 Å². The van der Waals surface area contributed by atoms with Gasteiger partial charge in [0.2, 0.25) is 0 Å². The minimum atomic E-state index is 0.491. The molecule has 2 aromatic heterocycles. The Balaban J connectivity index is 2.74. The number of aromatic nitrogens is 2. The maximum absolute atomic E-state index is 5.84. The number of fused-ring (bicyclic) bond motifs is 1. The van der Waals surface area contributed by atoms with Crippen LogP contribution < -0.4 is 5.73 Å². The molecule has 0 radical (unpaired) electrons. The summed E-state index contributed by atoms with van der Waals surface area (Å²) in [6.07, 6.45) is 1.68. The summed E-state index contributed by atoms with van der Waals surface area (Å²) < 4.78 is 0. The molecule has 0 bridgehead atoms. The lowest BCUT2D eigenvalue weighted by Gasteiger charge is -1.90. The van der Waals surface area contributed by atoms with Crippen LogP contribution >= 0.6 is 11.6 Å². The van der Waals surface area contributed by atoms with E-state index in [-0.39, 0.29) is 0 Å². The van der Waals surface area contributed by atoms with Crippen molar-refractivity contribution in [3.8, 4) is 0 Å². The molecule has 3 nitrogen and oxygen atoms in total. The number of halogens is 1. The molecule has 0 amide bonds. The average Bonchev–Trinajstić information content (AvgIpc) is 2.49. The fourth-order valence-corrected chi connectivity index (χ4v) is 1.40. The van der Waals surface area contributed by atoms with Crippen molar-refractivity contribution in [1.29, 1.82) is 0 Å². The zero-order valence-electron chi connectivity index (χ0n) is 6.34. The zero-order chi connectivity index (χ0) is 8.55. The van der Waals surface area contributed by atoms with Crippen LogP contribution in [0.1, 0.15) is 5.69 Å². The Hall–Kier alpha value is -1.06.